The Hall–Kier alpha value is -4.42. The van der Waals surface area contributed by atoms with E-state index in [9.17, 15) is 9.18 Å². The Labute approximate surface area is 246 Å². The molecule has 1 amide bonds. The van der Waals surface area contributed by atoms with E-state index in [2.05, 4.69) is 46.9 Å². The number of halogens is 1. The highest BCUT2D eigenvalue weighted by Gasteiger charge is 2.27. The van der Waals surface area contributed by atoms with Crippen molar-refractivity contribution in [1.82, 2.24) is 14.4 Å². The molecule has 1 aromatic heterocycles. The third-order valence-electron chi connectivity index (χ3n) is 8.25. The SMILES string of the molecule is CCN1CCN(C(=O)CC(c2cccc(Oc3ccccc3)c2)c2cn(Cc3ccc(F)cc3)c3ccccc23)CC1. The Morgan fingerprint density at radius 2 is 1.55 bits per heavy atom. The predicted molar refractivity (Wildman–Crippen MR) is 166 cm³/mol. The Balaban J connectivity index is 1.37. The fourth-order valence-corrected chi connectivity index (χ4v) is 5.91. The largest absolute Gasteiger partial charge is 0.457 e. The standard InChI is InChI=1S/C36H36FN3O2/c1-2-38-19-21-39(22-20-38)36(41)24-33(28-9-8-12-31(23-28)42-30-10-4-3-5-11-30)34-26-40(35-14-7-6-13-32(34)35)25-27-15-17-29(37)18-16-27/h3-18,23,26,33H,2,19-22,24-25H2,1H3. The van der Waals surface area contributed by atoms with Gasteiger partial charge < -0.3 is 19.1 Å². The fourth-order valence-electron chi connectivity index (χ4n) is 5.91. The minimum atomic E-state index is -0.243. The Bertz CT molecular complexity index is 1640. The first-order chi connectivity index (χ1) is 20.6. The molecule has 42 heavy (non-hydrogen) atoms. The number of para-hydroxylation sites is 2. The van der Waals surface area contributed by atoms with E-state index in [-0.39, 0.29) is 17.6 Å². The lowest BCUT2D eigenvalue weighted by Crippen LogP contribution is -2.48. The maximum atomic E-state index is 13.8. The molecule has 5 aromatic rings. The van der Waals surface area contributed by atoms with Crippen molar-refractivity contribution in [3.8, 4) is 11.5 Å². The van der Waals surface area contributed by atoms with Crippen molar-refractivity contribution in [3.05, 3.63) is 132 Å². The van der Waals surface area contributed by atoms with Crippen LogP contribution >= 0.6 is 0 Å². The summed E-state index contributed by atoms with van der Waals surface area (Å²) in [6.45, 7) is 7.10. The number of piperazine rings is 1. The third kappa shape index (κ3) is 6.24. The van der Waals surface area contributed by atoms with E-state index in [1.807, 2.05) is 71.6 Å². The smallest absolute Gasteiger partial charge is 0.223 e. The normalized spacial score (nSPS) is 14.7. The van der Waals surface area contributed by atoms with E-state index in [1.54, 1.807) is 0 Å². The minimum absolute atomic E-state index is 0.166. The van der Waals surface area contributed by atoms with Crippen LogP contribution in [0.25, 0.3) is 10.9 Å². The fraction of sp³-hybridized carbons (Fsp3) is 0.250. The number of amides is 1. The second kappa shape index (κ2) is 12.6. The van der Waals surface area contributed by atoms with Gasteiger partial charge >= 0.3 is 0 Å². The van der Waals surface area contributed by atoms with Gasteiger partial charge in [0.15, 0.2) is 0 Å². The summed E-state index contributed by atoms with van der Waals surface area (Å²) in [5, 5.41) is 1.11. The molecule has 0 aliphatic carbocycles. The van der Waals surface area contributed by atoms with Gasteiger partial charge in [-0.3, -0.25) is 4.79 Å². The molecular weight excluding hydrogens is 525 g/mol. The number of carbonyl (C=O) groups is 1. The first kappa shape index (κ1) is 27.7. The van der Waals surface area contributed by atoms with Crippen molar-refractivity contribution in [1.29, 1.82) is 0 Å². The van der Waals surface area contributed by atoms with Gasteiger partial charge in [0.05, 0.1) is 0 Å². The lowest BCUT2D eigenvalue weighted by Gasteiger charge is -2.35. The monoisotopic (exact) mass is 561 g/mol. The Morgan fingerprint density at radius 3 is 2.31 bits per heavy atom. The average molecular weight is 562 g/mol. The number of benzene rings is 4. The summed E-state index contributed by atoms with van der Waals surface area (Å²) in [4.78, 5) is 18.2. The van der Waals surface area contributed by atoms with Crippen LogP contribution in [-0.2, 0) is 11.3 Å². The van der Waals surface area contributed by atoms with Crippen molar-refractivity contribution in [2.24, 2.45) is 0 Å². The van der Waals surface area contributed by atoms with Crippen LogP contribution in [0.3, 0.4) is 0 Å². The second-order valence-corrected chi connectivity index (χ2v) is 10.9. The molecule has 0 bridgehead atoms. The lowest BCUT2D eigenvalue weighted by molar-refractivity contribution is -0.133. The maximum absolute atomic E-state index is 13.8. The lowest BCUT2D eigenvalue weighted by atomic mass is 9.87. The summed E-state index contributed by atoms with van der Waals surface area (Å²) < 4.78 is 22.0. The zero-order valence-electron chi connectivity index (χ0n) is 24.0. The first-order valence-electron chi connectivity index (χ1n) is 14.7. The van der Waals surface area contributed by atoms with E-state index in [1.165, 1.54) is 12.1 Å². The summed E-state index contributed by atoms with van der Waals surface area (Å²) in [7, 11) is 0. The van der Waals surface area contributed by atoms with Crippen LogP contribution in [0.2, 0.25) is 0 Å². The van der Waals surface area contributed by atoms with Crippen molar-refractivity contribution >= 4 is 16.8 Å². The van der Waals surface area contributed by atoms with Crippen LogP contribution in [0, 0.1) is 5.82 Å². The second-order valence-electron chi connectivity index (χ2n) is 10.9. The summed E-state index contributed by atoms with van der Waals surface area (Å²) in [5.41, 5.74) is 4.24. The Kier molecular flexibility index (Phi) is 8.33. The molecule has 1 unspecified atom stereocenters. The number of carbonyl (C=O) groups excluding carboxylic acids is 1. The van der Waals surface area contributed by atoms with Gasteiger partial charge in [-0.2, -0.15) is 0 Å². The molecule has 0 saturated carbocycles. The van der Waals surface area contributed by atoms with Crippen LogP contribution < -0.4 is 4.74 Å². The van der Waals surface area contributed by atoms with Gasteiger partial charge in [-0.05, 0) is 65.7 Å². The van der Waals surface area contributed by atoms with Crippen LogP contribution in [0.4, 0.5) is 4.39 Å². The molecule has 5 nitrogen and oxygen atoms in total. The van der Waals surface area contributed by atoms with Crippen LogP contribution in [0.15, 0.2) is 109 Å². The third-order valence-corrected chi connectivity index (χ3v) is 8.25. The van der Waals surface area contributed by atoms with Gasteiger partial charge in [0, 0.05) is 62.2 Å². The highest BCUT2D eigenvalue weighted by atomic mass is 19.1. The molecule has 1 saturated heterocycles. The molecular formula is C36H36FN3O2. The molecule has 6 heteroatoms. The summed E-state index contributed by atoms with van der Waals surface area (Å²) in [6, 6.07) is 32.8. The zero-order chi connectivity index (χ0) is 28.9. The molecule has 1 aliphatic rings. The molecule has 0 spiro atoms. The van der Waals surface area contributed by atoms with Crippen LogP contribution in [0.1, 0.15) is 36.0 Å². The van der Waals surface area contributed by atoms with Crippen LogP contribution in [-0.4, -0.2) is 53.0 Å². The van der Waals surface area contributed by atoms with E-state index in [0.717, 1.165) is 71.8 Å². The summed E-state index contributed by atoms with van der Waals surface area (Å²) >= 11 is 0. The van der Waals surface area contributed by atoms with E-state index in [0.29, 0.717) is 13.0 Å². The number of likely N-dealkylation sites (N-methyl/N-ethyl adjacent to an activating group) is 1. The molecule has 1 atom stereocenters. The van der Waals surface area contributed by atoms with Crippen LogP contribution in [0.5, 0.6) is 11.5 Å². The number of nitrogens with zero attached hydrogens (tertiary/aromatic N) is 3. The summed E-state index contributed by atoms with van der Waals surface area (Å²) in [6.07, 6.45) is 2.54. The number of fused-ring (bicyclic) bond motifs is 1. The predicted octanol–water partition coefficient (Wildman–Crippen LogP) is 7.31. The number of ether oxygens (including phenoxy) is 1. The molecule has 0 radical (unpaired) electrons. The first-order valence-corrected chi connectivity index (χ1v) is 14.7. The highest BCUT2D eigenvalue weighted by molar-refractivity contribution is 5.87. The summed E-state index contributed by atoms with van der Waals surface area (Å²) in [5.74, 6) is 1.27. The van der Waals surface area contributed by atoms with Crippen molar-refractivity contribution < 1.29 is 13.9 Å². The molecule has 4 aromatic carbocycles. The van der Waals surface area contributed by atoms with Crippen molar-refractivity contribution in [2.75, 3.05) is 32.7 Å². The maximum Gasteiger partial charge on any atom is 0.223 e. The van der Waals surface area contributed by atoms with Gasteiger partial charge in [-0.1, -0.05) is 67.6 Å². The molecule has 0 N–H and O–H groups in total. The van der Waals surface area contributed by atoms with Gasteiger partial charge in [0.2, 0.25) is 5.91 Å². The van der Waals surface area contributed by atoms with Gasteiger partial charge in [-0.15, -0.1) is 0 Å². The molecule has 214 valence electrons. The average Bonchev–Trinajstić information content (AvgIpc) is 3.39. The molecule has 6 rings (SSSR count). The minimum Gasteiger partial charge on any atom is -0.457 e. The van der Waals surface area contributed by atoms with Gasteiger partial charge in [0.25, 0.3) is 0 Å². The van der Waals surface area contributed by atoms with Gasteiger partial charge in [0.1, 0.15) is 17.3 Å². The van der Waals surface area contributed by atoms with Crippen molar-refractivity contribution in [3.63, 3.8) is 0 Å². The van der Waals surface area contributed by atoms with Crippen molar-refractivity contribution in [2.45, 2.75) is 25.8 Å². The zero-order valence-corrected chi connectivity index (χ0v) is 24.0. The molecule has 1 aliphatic heterocycles. The Morgan fingerprint density at radius 1 is 0.833 bits per heavy atom. The molecule has 1 fully saturated rings. The quantitative estimate of drug-likeness (QED) is 0.189. The van der Waals surface area contributed by atoms with E-state index >= 15 is 0 Å². The highest BCUT2D eigenvalue weighted by Crippen LogP contribution is 2.37. The number of rotatable bonds is 9. The molecule has 2 heterocycles. The van der Waals surface area contributed by atoms with E-state index in [4.69, 9.17) is 4.74 Å². The number of hydrogen-bond acceptors (Lipinski definition) is 3. The topological polar surface area (TPSA) is 37.7 Å². The van der Waals surface area contributed by atoms with E-state index < -0.39 is 0 Å². The number of aromatic nitrogens is 1. The number of hydrogen-bond donors (Lipinski definition) is 0. The van der Waals surface area contributed by atoms with Gasteiger partial charge in [-0.25, -0.2) is 4.39 Å².